The van der Waals surface area contributed by atoms with Gasteiger partial charge in [-0.05, 0) is 13.0 Å². The Hall–Kier alpha value is -1.79. The van der Waals surface area contributed by atoms with Gasteiger partial charge in [0, 0.05) is 12.1 Å². The second-order valence-corrected chi connectivity index (χ2v) is 4.98. The molecule has 0 fully saturated rings. The van der Waals surface area contributed by atoms with Gasteiger partial charge in [0.05, 0.1) is 5.69 Å². The van der Waals surface area contributed by atoms with Gasteiger partial charge in [0.15, 0.2) is 0 Å². The number of carbonyl (C=O) groups excluding carboxylic acids is 1. The number of esters is 1. The minimum absolute atomic E-state index is 0.0964. The first-order valence-electron chi connectivity index (χ1n) is 5.68. The van der Waals surface area contributed by atoms with E-state index in [1.807, 2.05) is 0 Å². The van der Waals surface area contributed by atoms with Crippen molar-refractivity contribution in [2.24, 2.45) is 5.73 Å². The van der Waals surface area contributed by atoms with Crippen molar-refractivity contribution in [1.82, 2.24) is 4.98 Å². The molecule has 0 saturated heterocycles. The molecule has 19 heavy (non-hydrogen) atoms. The molecule has 0 amide bonds. The molecule has 1 aromatic heterocycles. The van der Waals surface area contributed by atoms with Crippen LogP contribution in [0.1, 0.15) is 25.9 Å². The van der Waals surface area contributed by atoms with Crippen LogP contribution in [0.4, 0.5) is 4.39 Å². The molecule has 2 rings (SSSR count). The molecule has 0 aliphatic rings. The Morgan fingerprint density at radius 3 is 2.84 bits per heavy atom. The SMILES string of the molecule is Cc1nc(CN)sc1C(=O)OCc1ccccc1F. The van der Waals surface area contributed by atoms with Crippen LogP contribution in [0.15, 0.2) is 24.3 Å². The number of nitrogens with zero attached hydrogens (tertiary/aromatic N) is 1. The number of hydrogen-bond acceptors (Lipinski definition) is 5. The minimum Gasteiger partial charge on any atom is -0.456 e. The summed E-state index contributed by atoms with van der Waals surface area (Å²) in [5.41, 5.74) is 6.39. The van der Waals surface area contributed by atoms with E-state index in [4.69, 9.17) is 10.5 Å². The number of benzene rings is 1. The summed E-state index contributed by atoms with van der Waals surface area (Å²) in [5.74, 6) is -0.892. The number of rotatable bonds is 4. The predicted molar refractivity (Wildman–Crippen MR) is 70.3 cm³/mol. The molecule has 2 aromatic rings. The first-order chi connectivity index (χ1) is 9.11. The number of thiazole rings is 1. The van der Waals surface area contributed by atoms with Crippen molar-refractivity contribution >= 4 is 17.3 Å². The number of carbonyl (C=O) groups is 1. The van der Waals surface area contributed by atoms with Gasteiger partial charge in [-0.1, -0.05) is 18.2 Å². The Kier molecular flexibility index (Phi) is 4.24. The molecule has 2 N–H and O–H groups in total. The maximum Gasteiger partial charge on any atom is 0.350 e. The van der Waals surface area contributed by atoms with Crippen LogP contribution in [0.5, 0.6) is 0 Å². The van der Waals surface area contributed by atoms with Gasteiger partial charge >= 0.3 is 5.97 Å². The Morgan fingerprint density at radius 2 is 2.21 bits per heavy atom. The number of halogens is 1. The third-order valence-electron chi connectivity index (χ3n) is 2.52. The second-order valence-electron chi connectivity index (χ2n) is 3.89. The van der Waals surface area contributed by atoms with Crippen molar-refractivity contribution in [3.8, 4) is 0 Å². The maximum atomic E-state index is 13.4. The van der Waals surface area contributed by atoms with Crippen LogP contribution in [-0.4, -0.2) is 11.0 Å². The third kappa shape index (κ3) is 3.15. The van der Waals surface area contributed by atoms with E-state index in [2.05, 4.69) is 4.98 Å². The molecule has 1 aromatic carbocycles. The van der Waals surface area contributed by atoms with Gasteiger partial charge in [0.2, 0.25) is 0 Å². The quantitative estimate of drug-likeness (QED) is 0.873. The number of nitrogens with two attached hydrogens (primary N) is 1. The largest absolute Gasteiger partial charge is 0.456 e. The zero-order chi connectivity index (χ0) is 13.8. The third-order valence-corrected chi connectivity index (χ3v) is 3.68. The van der Waals surface area contributed by atoms with E-state index >= 15 is 0 Å². The lowest BCUT2D eigenvalue weighted by Gasteiger charge is -2.04. The monoisotopic (exact) mass is 280 g/mol. The van der Waals surface area contributed by atoms with Crippen LogP contribution < -0.4 is 5.73 Å². The molecule has 4 nitrogen and oxygen atoms in total. The van der Waals surface area contributed by atoms with Crippen LogP contribution in [0.3, 0.4) is 0 Å². The van der Waals surface area contributed by atoms with E-state index in [1.165, 1.54) is 17.4 Å². The molecular weight excluding hydrogens is 267 g/mol. The maximum absolute atomic E-state index is 13.4. The fraction of sp³-hybridized carbons (Fsp3) is 0.231. The molecule has 100 valence electrons. The van der Waals surface area contributed by atoms with Gasteiger partial charge in [-0.15, -0.1) is 11.3 Å². The fourth-order valence-corrected chi connectivity index (χ4v) is 2.39. The summed E-state index contributed by atoms with van der Waals surface area (Å²) in [4.78, 5) is 16.4. The van der Waals surface area contributed by atoms with E-state index in [9.17, 15) is 9.18 Å². The van der Waals surface area contributed by atoms with E-state index in [0.717, 1.165) is 0 Å². The molecule has 6 heteroatoms. The van der Waals surface area contributed by atoms with E-state index < -0.39 is 5.97 Å². The number of aromatic nitrogens is 1. The molecule has 0 unspecified atom stereocenters. The van der Waals surface area contributed by atoms with Gasteiger partial charge in [0.1, 0.15) is 22.3 Å². The van der Waals surface area contributed by atoms with Crippen molar-refractivity contribution in [3.05, 3.63) is 51.2 Å². The highest BCUT2D eigenvalue weighted by atomic mass is 32.1. The standard InChI is InChI=1S/C13H13FN2O2S/c1-8-12(19-11(6-15)16-8)13(17)18-7-9-4-2-3-5-10(9)14/h2-5H,6-7,15H2,1H3. The first-order valence-corrected chi connectivity index (χ1v) is 6.50. The molecule has 0 aliphatic heterocycles. The molecular formula is C13H13FN2O2S. The van der Waals surface area contributed by atoms with Gasteiger partial charge in [0.25, 0.3) is 0 Å². The Bertz CT molecular complexity index is 598. The number of aryl methyl sites for hydroxylation is 1. The Morgan fingerprint density at radius 1 is 1.47 bits per heavy atom. The number of hydrogen-bond donors (Lipinski definition) is 1. The smallest absolute Gasteiger partial charge is 0.350 e. The van der Waals surface area contributed by atoms with Crippen LogP contribution >= 0.6 is 11.3 Å². The van der Waals surface area contributed by atoms with Crippen LogP contribution in [0.25, 0.3) is 0 Å². The van der Waals surface area contributed by atoms with Gasteiger partial charge < -0.3 is 10.5 Å². The molecule has 0 aliphatic carbocycles. The summed E-state index contributed by atoms with van der Waals surface area (Å²) in [5, 5.41) is 0.676. The highest BCUT2D eigenvalue weighted by molar-refractivity contribution is 7.13. The lowest BCUT2D eigenvalue weighted by Crippen LogP contribution is -2.05. The Balaban J connectivity index is 2.05. The first kappa shape index (κ1) is 13.6. The zero-order valence-corrected chi connectivity index (χ0v) is 11.2. The molecule has 0 spiro atoms. The number of ether oxygens (including phenoxy) is 1. The summed E-state index contributed by atoms with van der Waals surface area (Å²) in [6, 6.07) is 6.18. The van der Waals surface area contributed by atoms with E-state index in [1.54, 1.807) is 25.1 Å². The van der Waals surface area contributed by atoms with Crippen molar-refractivity contribution in [1.29, 1.82) is 0 Å². The summed E-state index contributed by atoms with van der Waals surface area (Å²) in [7, 11) is 0. The van der Waals surface area contributed by atoms with Crippen LogP contribution in [-0.2, 0) is 17.9 Å². The average molecular weight is 280 g/mol. The molecule has 1 heterocycles. The van der Waals surface area contributed by atoms with Gasteiger partial charge in [-0.3, -0.25) is 0 Å². The van der Waals surface area contributed by atoms with E-state index in [0.29, 0.717) is 21.1 Å². The highest BCUT2D eigenvalue weighted by Crippen LogP contribution is 2.19. The normalized spacial score (nSPS) is 10.5. The molecule has 0 saturated carbocycles. The van der Waals surface area contributed by atoms with Crippen molar-refractivity contribution in [2.45, 2.75) is 20.1 Å². The lowest BCUT2D eigenvalue weighted by atomic mass is 10.2. The lowest BCUT2D eigenvalue weighted by molar-refractivity contribution is 0.0473. The minimum atomic E-state index is -0.502. The van der Waals surface area contributed by atoms with Crippen molar-refractivity contribution < 1.29 is 13.9 Å². The fourth-order valence-electron chi connectivity index (χ4n) is 1.55. The topological polar surface area (TPSA) is 65.2 Å². The van der Waals surface area contributed by atoms with E-state index in [-0.39, 0.29) is 19.0 Å². The summed E-state index contributed by atoms with van der Waals surface area (Å²) in [6.45, 7) is 1.91. The van der Waals surface area contributed by atoms with Gasteiger partial charge in [-0.2, -0.15) is 0 Å². The Labute approximate surface area is 114 Å². The predicted octanol–water partition coefficient (Wildman–Crippen LogP) is 2.41. The zero-order valence-electron chi connectivity index (χ0n) is 10.4. The molecule has 0 bridgehead atoms. The average Bonchev–Trinajstić information content (AvgIpc) is 2.79. The summed E-state index contributed by atoms with van der Waals surface area (Å²) in [6.07, 6.45) is 0. The van der Waals surface area contributed by atoms with Crippen molar-refractivity contribution in [3.63, 3.8) is 0 Å². The molecule has 0 radical (unpaired) electrons. The van der Waals surface area contributed by atoms with Crippen LogP contribution in [0.2, 0.25) is 0 Å². The second kappa shape index (κ2) is 5.90. The highest BCUT2D eigenvalue weighted by Gasteiger charge is 2.16. The van der Waals surface area contributed by atoms with Crippen LogP contribution in [0, 0.1) is 12.7 Å². The van der Waals surface area contributed by atoms with Crippen molar-refractivity contribution in [2.75, 3.05) is 0 Å². The summed E-state index contributed by atoms with van der Waals surface area (Å²) >= 11 is 1.20. The molecule has 0 atom stereocenters. The van der Waals surface area contributed by atoms with Gasteiger partial charge in [-0.25, -0.2) is 14.2 Å². The summed E-state index contributed by atoms with van der Waals surface area (Å²) < 4.78 is 18.4.